The number of rotatable bonds is 10. The van der Waals surface area contributed by atoms with Crippen LogP contribution in [-0.4, -0.2) is 50.5 Å². The molecule has 0 saturated carbocycles. The first kappa shape index (κ1) is 28.9. The zero-order valence-corrected chi connectivity index (χ0v) is 23.3. The van der Waals surface area contributed by atoms with E-state index in [0.717, 1.165) is 21.7 Å². The van der Waals surface area contributed by atoms with Gasteiger partial charge in [0, 0.05) is 23.1 Å². The lowest BCUT2D eigenvalue weighted by Crippen LogP contribution is -2.51. The second-order valence-electron chi connectivity index (χ2n) is 9.06. The summed E-state index contributed by atoms with van der Waals surface area (Å²) in [5.41, 5.74) is 2.66. The summed E-state index contributed by atoms with van der Waals surface area (Å²) in [4.78, 5) is 27.8. The minimum absolute atomic E-state index is 0.00943. The maximum Gasteiger partial charge on any atom is 0.244 e. The van der Waals surface area contributed by atoms with Crippen LogP contribution in [0.3, 0.4) is 0 Å². The van der Waals surface area contributed by atoms with Crippen LogP contribution >= 0.6 is 23.2 Å². The van der Waals surface area contributed by atoms with Gasteiger partial charge < -0.3 is 10.2 Å². The van der Waals surface area contributed by atoms with E-state index in [1.807, 2.05) is 26.8 Å². The highest BCUT2D eigenvalue weighted by atomic mass is 35.5. The van der Waals surface area contributed by atoms with E-state index in [2.05, 4.69) is 5.32 Å². The second kappa shape index (κ2) is 12.1. The number of benzene rings is 2. The third-order valence-electron chi connectivity index (χ3n) is 5.73. The Morgan fingerprint density at radius 3 is 2.29 bits per heavy atom. The van der Waals surface area contributed by atoms with E-state index in [1.54, 1.807) is 44.2 Å². The van der Waals surface area contributed by atoms with Gasteiger partial charge in [-0.2, -0.15) is 0 Å². The van der Waals surface area contributed by atoms with Crippen LogP contribution < -0.4 is 9.62 Å². The van der Waals surface area contributed by atoms with Gasteiger partial charge >= 0.3 is 0 Å². The molecule has 7 nitrogen and oxygen atoms in total. The molecule has 0 aliphatic heterocycles. The van der Waals surface area contributed by atoms with Gasteiger partial charge in [-0.15, -0.1) is 0 Å². The molecule has 0 heterocycles. The molecular formula is C25H33Cl2N3O4S. The molecule has 0 unspecified atom stereocenters. The molecule has 35 heavy (non-hydrogen) atoms. The third-order valence-corrected chi connectivity index (χ3v) is 7.44. The summed E-state index contributed by atoms with van der Waals surface area (Å²) in [5.74, 6) is -0.643. The van der Waals surface area contributed by atoms with E-state index >= 15 is 0 Å². The van der Waals surface area contributed by atoms with Gasteiger partial charge in [-0.1, -0.05) is 55.2 Å². The smallest absolute Gasteiger partial charge is 0.244 e. The Morgan fingerprint density at radius 1 is 1.06 bits per heavy atom. The van der Waals surface area contributed by atoms with Crippen molar-refractivity contribution in [3.63, 3.8) is 0 Å². The zero-order chi connectivity index (χ0) is 26.5. The normalized spacial score (nSPS) is 12.4. The van der Waals surface area contributed by atoms with Gasteiger partial charge in [0.05, 0.1) is 11.9 Å². The van der Waals surface area contributed by atoms with Crippen molar-refractivity contribution < 1.29 is 18.0 Å². The van der Waals surface area contributed by atoms with Crippen LogP contribution in [0.15, 0.2) is 36.4 Å². The molecule has 2 amide bonds. The fourth-order valence-electron chi connectivity index (χ4n) is 3.47. The van der Waals surface area contributed by atoms with Crippen LogP contribution in [0.1, 0.15) is 37.5 Å². The summed E-state index contributed by atoms with van der Waals surface area (Å²) in [6, 6.07) is 9.30. The first-order valence-corrected chi connectivity index (χ1v) is 13.9. The maximum absolute atomic E-state index is 13.6. The summed E-state index contributed by atoms with van der Waals surface area (Å²) < 4.78 is 26.5. The van der Waals surface area contributed by atoms with E-state index < -0.39 is 28.5 Å². The number of hydrogen-bond acceptors (Lipinski definition) is 4. The van der Waals surface area contributed by atoms with Gasteiger partial charge in [0.25, 0.3) is 0 Å². The number of carbonyl (C=O) groups excluding carboxylic acids is 2. The van der Waals surface area contributed by atoms with Crippen molar-refractivity contribution >= 4 is 50.7 Å². The summed E-state index contributed by atoms with van der Waals surface area (Å²) in [5, 5.41) is 3.63. The van der Waals surface area contributed by atoms with E-state index in [-0.39, 0.29) is 18.4 Å². The van der Waals surface area contributed by atoms with E-state index in [4.69, 9.17) is 23.2 Å². The molecule has 2 aromatic carbocycles. The van der Waals surface area contributed by atoms with Crippen molar-refractivity contribution in [1.82, 2.24) is 10.2 Å². The standard InChI is InChI=1S/C25H33Cl2N3O4S/c1-16(2)13-28-25(32)19(5)29(14-20-10-11-21(26)12-22(20)27)24(31)15-30(35(6,33)34)23-9-7-8-17(3)18(23)4/h7-12,16,19H,13-15H2,1-6H3,(H,28,32)/t19-/m1/s1. The highest BCUT2D eigenvalue weighted by Crippen LogP contribution is 2.27. The van der Waals surface area contributed by atoms with E-state index in [0.29, 0.717) is 27.8 Å². The Balaban J connectivity index is 2.45. The molecule has 0 spiro atoms. The largest absolute Gasteiger partial charge is 0.354 e. The van der Waals surface area contributed by atoms with Gasteiger partial charge in [0.2, 0.25) is 21.8 Å². The van der Waals surface area contributed by atoms with Gasteiger partial charge in [-0.25, -0.2) is 8.42 Å². The SMILES string of the molecule is Cc1cccc(N(CC(=O)N(Cc2ccc(Cl)cc2Cl)[C@H](C)C(=O)NCC(C)C)S(C)(=O)=O)c1C. The van der Waals surface area contributed by atoms with Crippen LogP contribution in [0.25, 0.3) is 0 Å². The monoisotopic (exact) mass is 541 g/mol. The Bertz CT molecular complexity index is 1190. The lowest BCUT2D eigenvalue weighted by atomic mass is 10.1. The van der Waals surface area contributed by atoms with Crippen LogP contribution in [0.2, 0.25) is 10.0 Å². The van der Waals surface area contributed by atoms with Crippen molar-refractivity contribution in [1.29, 1.82) is 0 Å². The van der Waals surface area contributed by atoms with Crippen molar-refractivity contribution in [3.8, 4) is 0 Å². The molecule has 0 saturated heterocycles. The van der Waals surface area contributed by atoms with Gasteiger partial charge in [-0.05, 0) is 61.6 Å². The number of halogens is 2. The number of hydrogen-bond donors (Lipinski definition) is 1. The van der Waals surface area contributed by atoms with E-state index in [1.165, 1.54) is 4.90 Å². The molecule has 192 valence electrons. The van der Waals surface area contributed by atoms with Crippen LogP contribution in [0.4, 0.5) is 5.69 Å². The van der Waals surface area contributed by atoms with E-state index in [9.17, 15) is 18.0 Å². The number of carbonyl (C=O) groups is 2. The average Bonchev–Trinajstić information content (AvgIpc) is 2.76. The fourth-order valence-corrected chi connectivity index (χ4v) is 4.84. The Kier molecular flexibility index (Phi) is 10.0. The van der Waals surface area contributed by atoms with Crippen molar-refractivity contribution in [2.24, 2.45) is 5.92 Å². The highest BCUT2D eigenvalue weighted by molar-refractivity contribution is 7.92. The van der Waals surface area contributed by atoms with Crippen LogP contribution in [-0.2, 0) is 26.2 Å². The summed E-state index contributed by atoms with van der Waals surface area (Å²) in [6.45, 7) is 9.22. The Labute approximate surface area is 218 Å². The molecule has 0 aliphatic rings. The lowest BCUT2D eigenvalue weighted by Gasteiger charge is -2.32. The number of sulfonamides is 1. The highest BCUT2D eigenvalue weighted by Gasteiger charge is 2.31. The molecule has 2 aromatic rings. The predicted octanol–water partition coefficient (Wildman–Crippen LogP) is 4.57. The quantitative estimate of drug-likeness (QED) is 0.477. The number of aryl methyl sites for hydroxylation is 1. The lowest BCUT2D eigenvalue weighted by molar-refractivity contribution is -0.139. The number of anilines is 1. The Hall–Kier alpha value is -2.29. The van der Waals surface area contributed by atoms with Crippen molar-refractivity contribution in [3.05, 3.63) is 63.1 Å². The summed E-state index contributed by atoms with van der Waals surface area (Å²) >= 11 is 12.4. The molecule has 0 aliphatic carbocycles. The molecule has 2 rings (SSSR count). The van der Waals surface area contributed by atoms with Crippen LogP contribution in [0.5, 0.6) is 0 Å². The molecule has 10 heteroatoms. The minimum atomic E-state index is -3.80. The Morgan fingerprint density at radius 2 is 1.71 bits per heavy atom. The van der Waals surface area contributed by atoms with Crippen molar-refractivity contribution in [2.45, 2.75) is 47.2 Å². The zero-order valence-electron chi connectivity index (χ0n) is 20.9. The average molecular weight is 543 g/mol. The number of amides is 2. The predicted molar refractivity (Wildman–Crippen MR) is 142 cm³/mol. The van der Waals surface area contributed by atoms with Crippen LogP contribution in [0, 0.1) is 19.8 Å². The summed E-state index contributed by atoms with van der Waals surface area (Å²) in [7, 11) is -3.80. The number of nitrogens with zero attached hydrogens (tertiary/aromatic N) is 2. The van der Waals surface area contributed by atoms with Crippen molar-refractivity contribution in [2.75, 3.05) is 23.7 Å². The molecule has 0 fully saturated rings. The second-order valence-corrected chi connectivity index (χ2v) is 11.8. The molecule has 1 atom stereocenters. The molecule has 0 bridgehead atoms. The molecule has 0 radical (unpaired) electrons. The topological polar surface area (TPSA) is 86.8 Å². The fraction of sp³-hybridized carbons (Fsp3) is 0.440. The molecule has 1 N–H and O–H groups in total. The van der Waals surface area contributed by atoms with Gasteiger partial charge in [0.15, 0.2) is 0 Å². The third kappa shape index (κ3) is 7.85. The minimum Gasteiger partial charge on any atom is -0.354 e. The molecule has 0 aromatic heterocycles. The van der Waals surface area contributed by atoms with Gasteiger partial charge in [0.1, 0.15) is 12.6 Å². The molecular weight excluding hydrogens is 509 g/mol. The maximum atomic E-state index is 13.6. The van der Waals surface area contributed by atoms with Gasteiger partial charge in [-0.3, -0.25) is 13.9 Å². The first-order chi connectivity index (χ1) is 16.2. The number of nitrogens with one attached hydrogen (secondary N) is 1. The first-order valence-electron chi connectivity index (χ1n) is 11.3. The summed E-state index contributed by atoms with van der Waals surface area (Å²) in [6.07, 6.45) is 1.06.